The van der Waals surface area contributed by atoms with Gasteiger partial charge in [0.2, 0.25) is 0 Å². The minimum Gasteiger partial charge on any atom is -0.377 e. The average molecular weight is 537 g/mol. The number of hydrogen-bond acceptors (Lipinski definition) is 4. The summed E-state index contributed by atoms with van der Waals surface area (Å²) in [4.78, 5) is 17.1. The van der Waals surface area contributed by atoms with Gasteiger partial charge in [0.15, 0.2) is 0 Å². The van der Waals surface area contributed by atoms with Crippen LogP contribution in [-0.2, 0) is 17.9 Å². The van der Waals surface area contributed by atoms with Crippen molar-refractivity contribution in [1.82, 2.24) is 24.8 Å². The Kier molecular flexibility index (Phi) is 8.44. The summed E-state index contributed by atoms with van der Waals surface area (Å²) in [6, 6.07) is 3.97. The fraction of sp³-hybridized carbons (Fsp3) is 0.364. The molecule has 4 heterocycles. The van der Waals surface area contributed by atoms with Gasteiger partial charge in [-0.25, -0.2) is 9.97 Å². The molecule has 0 aliphatic carbocycles. The fourth-order valence-corrected chi connectivity index (χ4v) is 3.78. The predicted molar refractivity (Wildman–Crippen MR) is 130 cm³/mol. The van der Waals surface area contributed by atoms with Gasteiger partial charge in [0.25, 0.3) is 0 Å². The monoisotopic (exact) mass is 535 g/mol. The first-order chi connectivity index (χ1) is 14.5. The van der Waals surface area contributed by atoms with Gasteiger partial charge < -0.3 is 19.6 Å². The van der Waals surface area contributed by atoms with Crippen molar-refractivity contribution >= 4 is 53.7 Å². The van der Waals surface area contributed by atoms with E-state index in [0.717, 1.165) is 45.2 Å². The van der Waals surface area contributed by atoms with Gasteiger partial charge in [0, 0.05) is 65.3 Å². The van der Waals surface area contributed by atoms with Crippen LogP contribution in [0.2, 0.25) is 0 Å². The summed E-state index contributed by atoms with van der Waals surface area (Å²) >= 11 is 6.70. The van der Waals surface area contributed by atoms with E-state index in [-0.39, 0.29) is 0 Å². The van der Waals surface area contributed by atoms with Gasteiger partial charge in [-0.15, -0.1) is 0 Å². The number of aromatic nitrogens is 4. The predicted octanol–water partition coefficient (Wildman–Crippen LogP) is 6.03. The molecular weight excluding hydrogens is 510 g/mol. The van der Waals surface area contributed by atoms with E-state index in [0.29, 0.717) is 6.61 Å². The number of aromatic amines is 2. The number of nitrogens with one attached hydrogen (secondary N) is 2. The van der Waals surface area contributed by atoms with Gasteiger partial charge >= 0.3 is 0 Å². The molecule has 0 saturated carbocycles. The molecular formula is C22H27Br2N5O. The number of unbranched alkanes of at least 4 members (excludes halogenated alkanes) is 1. The van der Waals surface area contributed by atoms with Crippen molar-refractivity contribution < 1.29 is 4.74 Å². The summed E-state index contributed by atoms with van der Waals surface area (Å²) < 4.78 is 7.31. The highest BCUT2D eigenvalue weighted by atomic mass is 79.9. The molecule has 0 spiro atoms. The van der Waals surface area contributed by atoms with Gasteiger partial charge in [-0.05, 0) is 70.1 Å². The largest absolute Gasteiger partial charge is 0.377 e. The molecule has 0 radical (unpaired) electrons. The normalized spacial score (nSPS) is 11.3. The third kappa shape index (κ3) is 6.14. The summed E-state index contributed by atoms with van der Waals surface area (Å²) in [5.41, 5.74) is 4.68. The maximum Gasteiger partial charge on any atom is 0.108 e. The zero-order valence-corrected chi connectivity index (χ0v) is 20.7. The number of rotatable bonds is 7. The Hall–Kier alpha value is -1.74. The van der Waals surface area contributed by atoms with Crippen molar-refractivity contribution in [2.24, 2.45) is 0 Å². The lowest BCUT2D eigenvalue weighted by Gasteiger charge is -2.07. The Balaban J connectivity index is 0.000000172. The molecule has 0 aromatic carbocycles. The van der Waals surface area contributed by atoms with Gasteiger partial charge in [0.05, 0.1) is 6.61 Å². The SMILES string of the molecule is CCCCOCc1c[nH]c2cc(Br)ncc12.CN(C)Cc1c[nH]c2cc(Br)ncc12. The van der Waals surface area contributed by atoms with Crippen LogP contribution in [-0.4, -0.2) is 45.5 Å². The summed E-state index contributed by atoms with van der Waals surface area (Å²) in [6.07, 6.45) is 10.1. The van der Waals surface area contributed by atoms with E-state index in [1.807, 2.05) is 36.9 Å². The van der Waals surface area contributed by atoms with Crippen molar-refractivity contribution in [1.29, 1.82) is 0 Å². The summed E-state index contributed by atoms with van der Waals surface area (Å²) in [5.74, 6) is 0. The molecule has 0 bridgehead atoms. The van der Waals surface area contributed by atoms with E-state index < -0.39 is 0 Å². The first-order valence-electron chi connectivity index (χ1n) is 9.93. The topological polar surface area (TPSA) is 69.8 Å². The molecule has 6 nitrogen and oxygen atoms in total. The molecule has 30 heavy (non-hydrogen) atoms. The van der Waals surface area contributed by atoms with Crippen LogP contribution < -0.4 is 0 Å². The number of ether oxygens (including phenoxy) is 1. The van der Waals surface area contributed by atoms with Crippen molar-refractivity contribution in [2.75, 3.05) is 20.7 Å². The zero-order chi connectivity index (χ0) is 21.5. The van der Waals surface area contributed by atoms with Crippen LogP contribution in [0.3, 0.4) is 0 Å². The minimum absolute atomic E-state index is 0.656. The first-order valence-corrected chi connectivity index (χ1v) is 11.5. The van der Waals surface area contributed by atoms with Crippen LogP contribution >= 0.6 is 31.9 Å². The van der Waals surface area contributed by atoms with Crippen LogP contribution in [0, 0.1) is 0 Å². The number of H-pyrrole nitrogens is 2. The second kappa shape index (κ2) is 11.0. The Labute approximate surface area is 193 Å². The van der Waals surface area contributed by atoms with Gasteiger partial charge in [-0.1, -0.05) is 13.3 Å². The van der Waals surface area contributed by atoms with Crippen LogP contribution in [0.4, 0.5) is 0 Å². The van der Waals surface area contributed by atoms with Crippen LogP contribution in [0.25, 0.3) is 21.8 Å². The third-order valence-electron chi connectivity index (χ3n) is 4.62. The molecule has 0 amide bonds. The molecule has 0 aliphatic heterocycles. The zero-order valence-electron chi connectivity index (χ0n) is 17.5. The lowest BCUT2D eigenvalue weighted by atomic mass is 10.2. The fourth-order valence-electron chi connectivity index (χ4n) is 3.12. The highest BCUT2D eigenvalue weighted by Crippen LogP contribution is 2.21. The van der Waals surface area contributed by atoms with Crippen molar-refractivity contribution in [3.05, 3.63) is 57.3 Å². The lowest BCUT2D eigenvalue weighted by molar-refractivity contribution is 0.119. The van der Waals surface area contributed by atoms with E-state index in [9.17, 15) is 0 Å². The molecule has 8 heteroatoms. The van der Waals surface area contributed by atoms with Crippen molar-refractivity contribution in [3.63, 3.8) is 0 Å². The molecule has 0 aliphatic rings. The molecule has 2 N–H and O–H groups in total. The first kappa shape index (κ1) is 22.9. The maximum absolute atomic E-state index is 5.60. The van der Waals surface area contributed by atoms with Gasteiger partial charge in [-0.3, -0.25) is 0 Å². The Morgan fingerprint density at radius 2 is 1.50 bits per heavy atom. The Morgan fingerprint density at radius 3 is 2.07 bits per heavy atom. The summed E-state index contributed by atoms with van der Waals surface area (Å²) in [6.45, 7) is 4.58. The smallest absolute Gasteiger partial charge is 0.108 e. The number of pyridine rings is 2. The van der Waals surface area contributed by atoms with Crippen molar-refractivity contribution in [3.8, 4) is 0 Å². The molecule has 0 saturated heterocycles. The second-order valence-corrected chi connectivity index (χ2v) is 9.00. The van der Waals surface area contributed by atoms with Crippen LogP contribution in [0.15, 0.2) is 46.1 Å². The minimum atomic E-state index is 0.656. The van der Waals surface area contributed by atoms with E-state index in [1.54, 1.807) is 0 Å². The molecule has 4 aromatic rings. The summed E-state index contributed by atoms with van der Waals surface area (Å²) in [7, 11) is 4.12. The quantitative estimate of drug-likeness (QED) is 0.223. The molecule has 0 atom stereocenters. The van der Waals surface area contributed by atoms with Crippen molar-refractivity contribution in [2.45, 2.75) is 32.9 Å². The molecule has 160 valence electrons. The molecule has 4 rings (SSSR count). The Morgan fingerprint density at radius 1 is 0.933 bits per heavy atom. The van der Waals surface area contributed by atoms with Crippen LogP contribution in [0.5, 0.6) is 0 Å². The van der Waals surface area contributed by atoms with E-state index in [1.165, 1.54) is 22.9 Å². The highest BCUT2D eigenvalue weighted by Gasteiger charge is 2.05. The summed E-state index contributed by atoms with van der Waals surface area (Å²) in [5, 5.41) is 2.33. The lowest BCUT2D eigenvalue weighted by Crippen LogP contribution is -2.10. The van der Waals surface area contributed by atoms with Gasteiger partial charge in [-0.2, -0.15) is 0 Å². The van der Waals surface area contributed by atoms with E-state index >= 15 is 0 Å². The Bertz CT molecular complexity index is 1090. The van der Waals surface area contributed by atoms with Gasteiger partial charge in [0.1, 0.15) is 9.21 Å². The second-order valence-electron chi connectivity index (χ2n) is 7.38. The highest BCUT2D eigenvalue weighted by molar-refractivity contribution is 9.10. The maximum atomic E-state index is 5.60. The molecule has 0 unspecified atom stereocenters. The molecule has 4 aromatic heterocycles. The number of hydrogen-bond donors (Lipinski definition) is 2. The average Bonchev–Trinajstić information content (AvgIpc) is 3.29. The number of fused-ring (bicyclic) bond motifs is 2. The van der Waals surface area contributed by atoms with E-state index in [4.69, 9.17) is 4.74 Å². The third-order valence-corrected chi connectivity index (χ3v) is 5.49. The number of nitrogens with zero attached hydrogens (tertiary/aromatic N) is 3. The van der Waals surface area contributed by atoms with Crippen LogP contribution in [0.1, 0.15) is 30.9 Å². The standard InChI is InChI=1S/C12H15BrN2O.C10H12BrN3/c1-2-3-4-16-8-9-6-14-11-5-12(13)15-7-10(9)11;1-14(2)6-7-4-12-9-3-10(11)13-5-8(7)9/h5-7,14H,2-4,8H2,1H3;3-5,12H,6H2,1-2H3. The van der Waals surface area contributed by atoms with E-state index in [2.05, 4.69) is 77.7 Å². The molecule has 0 fully saturated rings. The number of halogens is 2.